The van der Waals surface area contributed by atoms with Crippen molar-refractivity contribution < 1.29 is 4.79 Å². The van der Waals surface area contributed by atoms with E-state index in [-0.39, 0.29) is 11.9 Å². The fourth-order valence-electron chi connectivity index (χ4n) is 3.01. The molecule has 1 atom stereocenters. The van der Waals surface area contributed by atoms with Crippen molar-refractivity contribution in [1.29, 1.82) is 0 Å². The van der Waals surface area contributed by atoms with Gasteiger partial charge in [0.15, 0.2) is 4.34 Å². The standard InChI is InChI=1S/C18H24N4OS2/c1-3-19-17-21-22-18(25-17)24-11-16(23)20-12(2)14-9-8-13-6-4-5-7-15(13)10-14/h8-10,12H,3-7,11H2,1-2H3,(H,19,21)(H,20,23)/t12-/m0/s1. The molecule has 1 aromatic carbocycles. The Labute approximate surface area is 157 Å². The van der Waals surface area contributed by atoms with Gasteiger partial charge in [-0.25, -0.2) is 0 Å². The van der Waals surface area contributed by atoms with Gasteiger partial charge in [0, 0.05) is 6.54 Å². The number of anilines is 1. The number of thioether (sulfide) groups is 1. The number of hydrogen-bond acceptors (Lipinski definition) is 6. The van der Waals surface area contributed by atoms with Crippen LogP contribution in [0, 0.1) is 0 Å². The summed E-state index contributed by atoms with van der Waals surface area (Å²) >= 11 is 2.91. The number of carbonyl (C=O) groups excluding carboxylic acids is 1. The first-order valence-corrected chi connectivity index (χ1v) is 10.6. The molecule has 2 N–H and O–H groups in total. The first kappa shape index (κ1) is 18.2. The molecule has 5 nitrogen and oxygen atoms in total. The normalized spacial score (nSPS) is 14.6. The molecule has 0 fully saturated rings. The molecule has 1 aliphatic carbocycles. The SMILES string of the molecule is CCNc1nnc(SCC(=O)N[C@@H](C)c2ccc3c(c2)CCCC3)s1. The maximum absolute atomic E-state index is 12.2. The summed E-state index contributed by atoms with van der Waals surface area (Å²) in [5.41, 5.74) is 4.10. The summed E-state index contributed by atoms with van der Waals surface area (Å²) in [6.07, 6.45) is 4.90. The molecule has 0 unspecified atom stereocenters. The summed E-state index contributed by atoms with van der Waals surface area (Å²) in [7, 11) is 0. The van der Waals surface area contributed by atoms with Gasteiger partial charge < -0.3 is 10.6 Å². The zero-order valence-corrected chi connectivity index (χ0v) is 16.3. The Kier molecular flexibility index (Phi) is 6.31. The van der Waals surface area contributed by atoms with Crippen LogP contribution >= 0.6 is 23.1 Å². The minimum atomic E-state index is 0.0204. The molecule has 0 saturated carbocycles. The monoisotopic (exact) mass is 376 g/mol. The molecular formula is C18H24N4OS2. The number of amides is 1. The summed E-state index contributed by atoms with van der Waals surface area (Å²) < 4.78 is 0.813. The van der Waals surface area contributed by atoms with Crippen molar-refractivity contribution in [1.82, 2.24) is 15.5 Å². The van der Waals surface area contributed by atoms with Crippen molar-refractivity contribution in [3.63, 3.8) is 0 Å². The van der Waals surface area contributed by atoms with Crippen LogP contribution in [0.4, 0.5) is 5.13 Å². The Morgan fingerprint density at radius 1 is 1.28 bits per heavy atom. The van der Waals surface area contributed by atoms with E-state index >= 15 is 0 Å². The van der Waals surface area contributed by atoms with E-state index in [9.17, 15) is 4.79 Å². The molecule has 0 saturated heterocycles. The van der Waals surface area contributed by atoms with Crippen molar-refractivity contribution >= 4 is 34.1 Å². The molecule has 25 heavy (non-hydrogen) atoms. The van der Waals surface area contributed by atoms with Gasteiger partial charge in [0.05, 0.1) is 11.8 Å². The van der Waals surface area contributed by atoms with Crippen molar-refractivity contribution in [2.75, 3.05) is 17.6 Å². The second-order valence-electron chi connectivity index (χ2n) is 6.22. The zero-order chi connectivity index (χ0) is 17.6. The molecule has 0 radical (unpaired) electrons. The minimum absolute atomic E-state index is 0.0204. The predicted molar refractivity (Wildman–Crippen MR) is 104 cm³/mol. The molecule has 0 aliphatic heterocycles. The van der Waals surface area contributed by atoms with Gasteiger partial charge in [-0.2, -0.15) is 0 Å². The van der Waals surface area contributed by atoms with Gasteiger partial charge in [0.1, 0.15) is 0 Å². The van der Waals surface area contributed by atoms with Gasteiger partial charge in [-0.3, -0.25) is 4.79 Å². The Morgan fingerprint density at radius 3 is 2.88 bits per heavy atom. The number of aromatic nitrogens is 2. The highest BCUT2D eigenvalue weighted by molar-refractivity contribution is 8.01. The second kappa shape index (κ2) is 8.67. The molecule has 134 valence electrons. The number of fused-ring (bicyclic) bond motifs is 1. The number of benzene rings is 1. The van der Waals surface area contributed by atoms with Crippen LogP contribution in [0.2, 0.25) is 0 Å². The van der Waals surface area contributed by atoms with Crippen molar-refractivity contribution in [2.24, 2.45) is 0 Å². The molecule has 7 heteroatoms. The van der Waals surface area contributed by atoms with Crippen LogP contribution in [0.25, 0.3) is 0 Å². The minimum Gasteiger partial charge on any atom is -0.360 e. The van der Waals surface area contributed by atoms with Crippen molar-refractivity contribution in [2.45, 2.75) is 49.9 Å². The van der Waals surface area contributed by atoms with Gasteiger partial charge in [0.25, 0.3) is 0 Å². The van der Waals surface area contributed by atoms with Gasteiger partial charge >= 0.3 is 0 Å². The number of rotatable bonds is 7. The third-order valence-electron chi connectivity index (χ3n) is 4.31. The number of aryl methyl sites for hydroxylation is 2. The maximum Gasteiger partial charge on any atom is 0.230 e. The second-order valence-corrected chi connectivity index (χ2v) is 8.42. The smallest absolute Gasteiger partial charge is 0.230 e. The molecular weight excluding hydrogens is 352 g/mol. The van der Waals surface area contributed by atoms with Crippen LogP contribution in [-0.4, -0.2) is 28.4 Å². The summed E-state index contributed by atoms with van der Waals surface area (Å²) in [6, 6.07) is 6.66. The fraction of sp³-hybridized carbons (Fsp3) is 0.500. The number of carbonyl (C=O) groups is 1. The van der Waals surface area contributed by atoms with Crippen LogP contribution in [0.1, 0.15) is 49.4 Å². The average Bonchev–Trinajstić information content (AvgIpc) is 3.07. The van der Waals surface area contributed by atoms with E-state index in [0.717, 1.165) is 22.4 Å². The molecule has 1 heterocycles. The van der Waals surface area contributed by atoms with E-state index in [1.807, 2.05) is 13.8 Å². The van der Waals surface area contributed by atoms with E-state index < -0.39 is 0 Å². The van der Waals surface area contributed by atoms with Gasteiger partial charge in [-0.1, -0.05) is 41.3 Å². The van der Waals surface area contributed by atoms with Crippen molar-refractivity contribution in [3.05, 3.63) is 34.9 Å². The zero-order valence-electron chi connectivity index (χ0n) is 14.7. The molecule has 1 aliphatic rings. The lowest BCUT2D eigenvalue weighted by atomic mass is 9.89. The van der Waals surface area contributed by atoms with E-state index in [4.69, 9.17) is 0 Å². The summed E-state index contributed by atoms with van der Waals surface area (Å²) in [4.78, 5) is 12.2. The van der Waals surface area contributed by atoms with Gasteiger partial charge in [-0.05, 0) is 56.2 Å². The van der Waals surface area contributed by atoms with E-state index in [1.54, 1.807) is 0 Å². The number of nitrogens with one attached hydrogen (secondary N) is 2. The van der Waals surface area contributed by atoms with Crippen LogP contribution < -0.4 is 10.6 Å². The third-order valence-corrected chi connectivity index (χ3v) is 6.33. The molecule has 0 spiro atoms. The van der Waals surface area contributed by atoms with Crippen molar-refractivity contribution in [3.8, 4) is 0 Å². The molecule has 0 bridgehead atoms. The first-order valence-electron chi connectivity index (χ1n) is 8.77. The molecule has 2 aromatic rings. The van der Waals surface area contributed by atoms with Crippen LogP contribution in [-0.2, 0) is 17.6 Å². The Morgan fingerprint density at radius 2 is 2.08 bits per heavy atom. The summed E-state index contributed by atoms with van der Waals surface area (Å²) in [6.45, 7) is 4.88. The Bertz CT molecular complexity index is 732. The highest BCUT2D eigenvalue weighted by atomic mass is 32.2. The van der Waals surface area contributed by atoms with Crippen LogP contribution in [0.5, 0.6) is 0 Å². The highest BCUT2D eigenvalue weighted by Gasteiger charge is 2.15. The average molecular weight is 377 g/mol. The largest absolute Gasteiger partial charge is 0.360 e. The molecule has 1 amide bonds. The predicted octanol–water partition coefficient (Wildman–Crippen LogP) is 3.82. The van der Waals surface area contributed by atoms with E-state index in [2.05, 4.69) is 39.0 Å². The fourth-order valence-corrected chi connectivity index (χ4v) is 4.64. The third kappa shape index (κ3) is 4.95. The summed E-state index contributed by atoms with van der Waals surface area (Å²) in [5.74, 6) is 0.381. The highest BCUT2D eigenvalue weighted by Crippen LogP contribution is 2.26. The Balaban J connectivity index is 1.51. The van der Waals surface area contributed by atoms with Crippen LogP contribution in [0.15, 0.2) is 22.5 Å². The maximum atomic E-state index is 12.2. The van der Waals surface area contributed by atoms with Gasteiger partial charge in [-0.15, -0.1) is 10.2 Å². The lowest BCUT2D eigenvalue weighted by Crippen LogP contribution is -2.28. The molecule has 1 aromatic heterocycles. The first-order chi connectivity index (χ1) is 12.2. The topological polar surface area (TPSA) is 66.9 Å². The van der Waals surface area contributed by atoms with Crippen LogP contribution in [0.3, 0.4) is 0 Å². The number of hydrogen-bond donors (Lipinski definition) is 2. The summed E-state index contributed by atoms with van der Waals surface area (Å²) in [5, 5.41) is 15.1. The molecule has 3 rings (SSSR count). The van der Waals surface area contributed by atoms with E-state index in [0.29, 0.717) is 5.75 Å². The van der Waals surface area contributed by atoms with Gasteiger partial charge in [0.2, 0.25) is 11.0 Å². The Hall–Kier alpha value is -1.60. The lowest BCUT2D eigenvalue weighted by molar-refractivity contribution is -0.119. The quantitative estimate of drug-likeness (QED) is 0.719. The lowest BCUT2D eigenvalue weighted by Gasteiger charge is -2.20. The number of nitrogens with zero attached hydrogens (tertiary/aromatic N) is 2. The van der Waals surface area contributed by atoms with E-state index in [1.165, 1.54) is 59.1 Å².